The molecule has 0 aliphatic heterocycles. The summed E-state index contributed by atoms with van der Waals surface area (Å²) in [7, 11) is 0. The molecule has 0 saturated carbocycles. The maximum Gasteiger partial charge on any atom is 0.123 e. The SMILES string of the molecule is CCCC(C)COC(CN)c1ccc(F)cc1. The quantitative estimate of drug-likeness (QED) is 0.792. The molecule has 1 rings (SSSR count). The zero-order valence-corrected chi connectivity index (χ0v) is 10.7. The first-order valence-corrected chi connectivity index (χ1v) is 6.24. The maximum absolute atomic E-state index is 12.8. The molecule has 17 heavy (non-hydrogen) atoms. The molecular formula is C14H22FNO. The van der Waals surface area contributed by atoms with Crippen LogP contribution < -0.4 is 5.73 Å². The van der Waals surface area contributed by atoms with E-state index < -0.39 is 0 Å². The van der Waals surface area contributed by atoms with E-state index in [0.717, 1.165) is 18.4 Å². The Kier molecular flexibility index (Phi) is 6.16. The summed E-state index contributed by atoms with van der Waals surface area (Å²) in [5.74, 6) is 0.304. The molecular weight excluding hydrogens is 217 g/mol. The fraction of sp³-hybridized carbons (Fsp3) is 0.571. The van der Waals surface area contributed by atoms with Gasteiger partial charge in [0.05, 0.1) is 12.7 Å². The molecule has 0 heterocycles. The standard InChI is InChI=1S/C14H22FNO/c1-3-4-11(2)10-17-14(9-16)12-5-7-13(15)8-6-12/h5-8,11,14H,3-4,9-10,16H2,1-2H3. The molecule has 0 saturated heterocycles. The third kappa shape index (κ3) is 4.84. The van der Waals surface area contributed by atoms with E-state index in [1.54, 1.807) is 12.1 Å². The van der Waals surface area contributed by atoms with Crippen LogP contribution in [0.5, 0.6) is 0 Å². The van der Waals surface area contributed by atoms with Gasteiger partial charge >= 0.3 is 0 Å². The number of rotatable bonds is 7. The lowest BCUT2D eigenvalue weighted by Gasteiger charge is -2.19. The molecule has 0 aliphatic carbocycles. The Balaban J connectivity index is 2.51. The van der Waals surface area contributed by atoms with Crippen molar-refractivity contribution in [3.63, 3.8) is 0 Å². The molecule has 0 bridgehead atoms. The predicted molar refractivity (Wildman–Crippen MR) is 68.2 cm³/mol. The number of nitrogens with two attached hydrogens (primary N) is 1. The van der Waals surface area contributed by atoms with Crippen LogP contribution in [-0.2, 0) is 4.74 Å². The molecule has 0 amide bonds. The van der Waals surface area contributed by atoms with E-state index in [1.165, 1.54) is 12.1 Å². The van der Waals surface area contributed by atoms with Gasteiger partial charge in [0, 0.05) is 6.54 Å². The third-order valence-electron chi connectivity index (χ3n) is 2.82. The summed E-state index contributed by atoms with van der Waals surface area (Å²) >= 11 is 0. The van der Waals surface area contributed by atoms with Gasteiger partial charge in [-0.25, -0.2) is 4.39 Å². The number of ether oxygens (including phenoxy) is 1. The van der Waals surface area contributed by atoms with Crippen molar-refractivity contribution in [2.24, 2.45) is 11.7 Å². The molecule has 0 spiro atoms. The zero-order valence-electron chi connectivity index (χ0n) is 10.7. The maximum atomic E-state index is 12.8. The number of hydrogen-bond acceptors (Lipinski definition) is 2. The van der Waals surface area contributed by atoms with Crippen molar-refractivity contribution in [1.29, 1.82) is 0 Å². The Morgan fingerprint density at radius 2 is 1.94 bits per heavy atom. The van der Waals surface area contributed by atoms with E-state index in [-0.39, 0.29) is 11.9 Å². The highest BCUT2D eigenvalue weighted by molar-refractivity contribution is 5.18. The second-order valence-corrected chi connectivity index (χ2v) is 4.50. The van der Waals surface area contributed by atoms with Crippen LogP contribution in [0.15, 0.2) is 24.3 Å². The average Bonchev–Trinajstić information content (AvgIpc) is 2.32. The van der Waals surface area contributed by atoms with Crippen LogP contribution in [0.25, 0.3) is 0 Å². The highest BCUT2D eigenvalue weighted by Gasteiger charge is 2.11. The molecule has 3 heteroatoms. The molecule has 2 N–H and O–H groups in total. The van der Waals surface area contributed by atoms with E-state index in [4.69, 9.17) is 10.5 Å². The van der Waals surface area contributed by atoms with Crippen molar-refractivity contribution in [2.75, 3.05) is 13.2 Å². The highest BCUT2D eigenvalue weighted by Crippen LogP contribution is 2.18. The fourth-order valence-corrected chi connectivity index (χ4v) is 1.83. The molecule has 1 aromatic rings. The summed E-state index contributed by atoms with van der Waals surface area (Å²) in [4.78, 5) is 0. The minimum Gasteiger partial charge on any atom is -0.372 e. The second kappa shape index (κ2) is 7.41. The van der Waals surface area contributed by atoms with Crippen LogP contribution in [0.1, 0.15) is 38.4 Å². The lowest BCUT2D eigenvalue weighted by atomic mass is 10.1. The summed E-state index contributed by atoms with van der Waals surface area (Å²) in [6.07, 6.45) is 2.18. The van der Waals surface area contributed by atoms with Gasteiger partial charge in [-0.2, -0.15) is 0 Å². The van der Waals surface area contributed by atoms with Crippen LogP contribution in [0.4, 0.5) is 4.39 Å². The van der Waals surface area contributed by atoms with E-state index in [9.17, 15) is 4.39 Å². The van der Waals surface area contributed by atoms with Gasteiger partial charge in [0.2, 0.25) is 0 Å². The van der Waals surface area contributed by atoms with Crippen LogP contribution in [0.2, 0.25) is 0 Å². The minimum absolute atomic E-state index is 0.130. The topological polar surface area (TPSA) is 35.2 Å². The van der Waals surface area contributed by atoms with Crippen molar-refractivity contribution < 1.29 is 9.13 Å². The first kappa shape index (κ1) is 14.1. The molecule has 2 nitrogen and oxygen atoms in total. The van der Waals surface area contributed by atoms with Crippen molar-refractivity contribution in [3.8, 4) is 0 Å². The molecule has 0 aromatic heterocycles. The second-order valence-electron chi connectivity index (χ2n) is 4.50. The van der Waals surface area contributed by atoms with Gasteiger partial charge in [-0.3, -0.25) is 0 Å². The van der Waals surface area contributed by atoms with Crippen LogP contribution in [-0.4, -0.2) is 13.2 Å². The normalized spacial score (nSPS) is 14.6. The van der Waals surface area contributed by atoms with E-state index >= 15 is 0 Å². The average molecular weight is 239 g/mol. The van der Waals surface area contributed by atoms with Gasteiger partial charge < -0.3 is 10.5 Å². The first-order chi connectivity index (χ1) is 8.17. The summed E-state index contributed by atoms with van der Waals surface area (Å²) < 4.78 is 18.6. The fourth-order valence-electron chi connectivity index (χ4n) is 1.83. The molecule has 96 valence electrons. The molecule has 2 unspecified atom stereocenters. The van der Waals surface area contributed by atoms with Gasteiger partial charge in [-0.05, 0) is 30.0 Å². The molecule has 0 radical (unpaired) electrons. The van der Waals surface area contributed by atoms with Crippen LogP contribution >= 0.6 is 0 Å². The van der Waals surface area contributed by atoms with E-state index in [1.807, 2.05) is 0 Å². The van der Waals surface area contributed by atoms with Crippen molar-refractivity contribution in [3.05, 3.63) is 35.6 Å². The van der Waals surface area contributed by atoms with Gasteiger partial charge in [0.25, 0.3) is 0 Å². The smallest absolute Gasteiger partial charge is 0.123 e. The molecule has 2 atom stereocenters. The van der Waals surface area contributed by atoms with Crippen LogP contribution in [0, 0.1) is 11.7 Å². The van der Waals surface area contributed by atoms with Gasteiger partial charge in [-0.1, -0.05) is 32.4 Å². The first-order valence-electron chi connectivity index (χ1n) is 6.24. The lowest BCUT2D eigenvalue weighted by Crippen LogP contribution is -2.18. The summed E-state index contributed by atoms with van der Waals surface area (Å²) in [5.41, 5.74) is 6.63. The van der Waals surface area contributed by atoms with Gasteiger partial charge in [0.15, 0.2) is 0 Å². The number of halogens is 1. The molecule has 0 fully saturated rings. The van der Waals surface area contributed by atoms with Crippen molar-refractivity contribution >= 4 is 0 Å². The number of benzene rings is 1. The summed E-state index contributed by atoms with van der Waals surface area (Å²) in [5, 5.41) is 0. The summed E-state index contributed by atoms with van der Waals surface area (Å²) in [6.45, 7) is 5.45. The third-order valence-corrected chi connectivity index (χ3v) is 2.82. The lowest BCUT2D eigenvalue weighted by molar-refractivity contribution is 0.0351. The predicted octanol–water partition coefficient (Wildman–Crippen LogP) is 3.28. The number of hydrogen-bond donors (Lipinski definition) is 1. The van der Waals surface area contributed by atoms with Crippen LogP contribution in [0.3, 0.4) is 0 Å². The largest absolute Gasteiger partial charge is 0.372 e. The summed E-state index contributed by atoms with van der Waals surface area (Å²) in [6, 6.07) is 6.35. The monoisotopic (exact) mass is 239 g/mol. The van der Waals surface area contributed by atoms with E-state index in [2.05, 4.69) is 13.8 Å². The van der Waals surface area contributed by atoms with Gasteiger partial charge in [-0.15, -0.1) is 0 Å². The Morgan fingerprint density at radius 1 is 1.29 bits per heavy atom. The Bertz CT molecular complexity index is 313. The minimum atomic E-state index is -0.233. The molecule has 0 aliphatic rings. The highest BCUT2D eigenvalue weighted by atomic mass is 19.1. The Hall–Kier alpha value is -0.930. The van der Waals surface area contributed by atoms with Gasteiger partial charge in [0.1, 0.15) is 5.82 Å². The van der Waals surface area contributed by atoms with E-state index in [0.29, 0.717) is 19.1 Å². The van der Waals surface area contributed by atoms with Crippen molar-refractivity contribution in [1.82, 2.24) is 0 Å². The Labute approximate surface area is 103 Å². The zero-order chi connectivity index (χ0) is 12.7. The van der Waals surface area contributed by atoms with Crippen molar-refractivity contribution in [2.45, 2.75) is 32.8 Å². The Morgan fingerprint density at radius 3 is 2.47 bits per heavy atom. The molecule has 1 aromatic carbocycles.